The SMILES string of the molecule is Cc1ccn2c(CCN3CCNCC3)nc(Br)c2c1. The maximum Gasteiger partial charge on any atom is 0.132 e. The second-order valence-corrected chi connectivity index (χ2v) is 5.87. The average molecular weight is 323 g/mol. The first kappa shape index (κ1) is 13.1. The number of hydrogen-bond donors (Lipinski definition) is 1. The van der Waals surface area contributed by atoms with Gasteiger partial charge >= 0.3 is 0 Å². The molecular formula is C14H19BrN4. The molecule has 0 spiro atoms. The lowest BCUT2D eigenvalue weighted by atomic mass is 10.3. The fourth-order valence-corrected chi connectivity index (χ4v) is 3.09. The lowest BCUT2D eigenvalue weighted by Gasteiger charge is -2.26. The largest absolute Gasteiger partial charge is 0.314 e. The van der Waals surface area contributed by atoms with E-state index in [-0.39, 0.29) is 0 Å². The van der Waals surface area contributed by atoms with Crippen molar-refractivity contribution in [3.8, 4) is 0 Å². The minimum Gasteiger partial charge on any atom is -0.314 e. The van der Waals surface area contributed by atoms with Crippen molar-refractivity contribution in [3.63, 3.8) is 0 Å². The lowest BCUT2D eigenvalue weighted by Crippen LogP contribution is -2.44. The number of aryl methyl sites for hydroxylation is 1. The van der Waals surface area contributed by atoms with Gasteiger partial charge in [-0.25, -0.2) is 4.98 Å². The molecule has 0 amide bonds. The number of fused-ring (bicyclic) bond motifs is 1. The molecule has 1 N–H and O–H groups in total. The Morgan fingerprint density at radius 1 is 1.37 bits per heavy atom. The van der Waals surface area contributed by atoms with Crippen LogP contribution in [0.5, 0.6) is 0 Å². The first-order valence-corrected chi connectivity index (χ1v) is 7.59. The van der Waals surface area contributed by atoms with Crippen molar-refractivity contribution >= 4 is 21.4 Å². The van der Waals surface area contributed by atoms with E-state index in [0.717, 1.165) is 55.1 Å². The van der Waals surface area contributed by atoms with Crippen molar-refractivity contribution in [2.24, 2.45) is 0 Å². The van der Waals surface area contributed by atoms with Crippen molar-refractivity contribution in [2.75, 3.05) is 32.7 Å². The van der Waals surface area contributed by atoms with Gasteiger partial charge in [-0.15, -0.1) is 0 Å². The zero-order valence-electron chi connectivity index (χ0n) is 11.2. The highest BCUT2D eigenvalue weighted by atomic mass is 79.9. The summed E-state index contributed by atoms with van der Waals surface area (Å²) >= 11 is 3.56. The molecule has 0 aromatic carbocycles. The van der Waals surface area contributed by atoms with Crippen molar-refractivity contribution in [1.82, 2.24) is 19.6 Å². The zero-order valence-corrected chi connectivity index (χ0v) is 12.8. The molecule has 2 aromatic rings. The van der Waals surface area contributed by atoms with Gasteiger partial charge in [-0.2, -0.15) is 0 Å². The number of nitrogens with one attached hydrogen (secondary N) is 1. The summed E-state index contributed by atoms with van der Waals surface area (Å²) in [5.41, 5.74) is 2.43. The van der Waals surface area contributed by atoms with Crippen LogP contribution in [0, 0.1) is 6.92 Å². The Balaban J connectivity index is 1.77. The van der Waals surface area contributed by atoms with E-state index in [0.29, 0.717) is 0 Å². The van der Waals surface area contributed by atoms with Crippen LogP contribution in [0.1, 0.15) is 11.4 Å². The summed E-state index contributed by atoms with van der Waals surface area (Å²) in [6.07, 6.45) is 3.12. The van der Waals surface area contributed by atoms with Gasteiger partial charge in [0.25, 0.3) is 0 Å². The smallest absolute Gasteiger partial charge is 0.132 e. The molecule has 0 radical (unpaired) electrons. The second-order valence-electron chi connectivity index (χ2n) is 5.12. The molecule has 1 saturated heterocycles. The molecule has 3 rings (SSSR count). The first-order valence-electron chi connectivity index (χ1n) is 6.80. The maximum absolute atomic E-state index is 4.65. The number of rotatable bonds is 3. The van der Waals surface area contributed by atoms with Gasteiger partial charge in [0, 0.05) is 45.3 Å². The molecule has 4 nitrogen and oxygen atoms in total. The summed E-state index contributed by atoms with van der Waals surface area (Å²) in [7, 11) is 0. The third-order valence-electron chi connectivity index (χ3n) is 3.69. The van der Waals surface area contributed by atoms with E-state index in [2.05, 4.69) is 60.8 Å². The van der Waals surface area contributed by atoms with Crippen LogP contribution in [0.25, 0.3) is 5.52 Å². The van der Waals surface area contributed by atoms with Crippen LogP contribution in [0.4, 0.5) is 0 Å². The number of piperazine rings is 1. The molecule has 0 atom stereocenters. The van der Waals surface area contributed by atoms with E-state index in [1.807, 2.05) is 0 Å². The molecule has 1 aliphatic rings. The number of aromatic nitrogens is 2. The molecular weight excluding hydrogens is 304 g/mol. The van der Waals surface area contributed by atoms with Gasteiger partial charge in [0.15, 0.2) is 0 Å². The highest BCUT2D eigenvalue weighted by Gasteiger charge is 2.13. The summed E-state index contributed by atoms with van der Waals surface area (Å²) in [5, 5.41) is 3.38. The highest BCUT2D eigenvalue weighted by Crippen LogP contribution is 2.20. The van der Waals surface area contributed by atoms with Gasteiger partial charge in [0.05, 0.1) is 5.52 Å². The molecule has 0 saturated carbocycles. The van der Waals surface area contributed by atoms with Crippen LogP contribution in [0.3, 0.4) is 0 Å². The minimum absolute atomic E-state index is 0.950. The monoisotopic (exact) mass is 322 g/mol. The van der Waals surface area contributed by atoms with E-state index < -0.39 is 0 Å². The van der Waals surface area contributed by atoms with Crippen LogP contribution in [-0.2, 0) is 6.42 Å². The van der Waals surface area contributed by atoms with E-state index in [4.69, 9.17) is 0 Å². The quantitative estimate of drug-likeness (QED) is 0.936. The molecule has 1 aliphatic heterocycles. The van der Waals surface area contributed by atoms with Crippen molar-refractivity contribution in [1.29, 1.82) is 0 Å². The van der Waals surface area contributed by atoms with E-state index >= 15 is 0 Å². The van der Waals surface area contributed by atoms with Crippen molar-refractivity contribution in [2.45, 2.75) is 13.3 Å². The van der Waals surface area contributed by atoms with Gasteiger partial charge in [-0.3, -0.25) is 0 Å². The molecule has 102 valence electrons. The number of nitrogens with zero attached hydrogens (tertiary/aromatic N) is 3. The van der Waals surface area contributed by atoms with Crippen molar-refractivity contribution in [3.05, 3.63) is 34.3 Å². The molecule has 5 heteroatoms. The number of hydrogen-bond acceptors (Lipinski definition) is 3. The Bertz CT molecular complexity index is 572. The van der Waals surface area contributed by atoms with E-state index in [9.17, 15) is 0 Å². The topological polar surface area (TPSA) is 32.6 Å². The number of halogens is 1. The lowest BCUT2D eigenvalue weighted by molar-refractivity contribution is 0.242. The molecule has 0 aliphatic carbocycles. The Labute approximate surface area is 121 Å². The van der Waals surface area contributed by atoms with Gasteiger partial charge in [-0.05, 0) is 40.5 Å². The summed E-state index contributed by atoms with van der Waals surface area (Å²) in [6, 6.07) is 4.31. The third-order valence-corrected chi connectivity index (χ3v) is 4.27. The molecule has 2 aromatic heterocycles. The predicted molar refractivity (Wildman–Crippen MR) is 80.6 cm³/mol. The standard InChI is InChI=1S/C14H19BrN4/c1-11-2-7-19-12(10-11)14(15)17-13(19)3-6-18-8-4-16-5-9-18/h2,7,10,16H,3-6,8-9H2,1H3. The van der Waals surface area contributed by atoms with E-state index in [1.165, 1.54) is 5.56 Å². The molecule has 3 heterocycles. The summed E-state index contributed by atoms with van der Waals surface area (Å²) in [5.74, 6) is 1.14. The number of pyridine rings is 1. The van der Waals surface area contributed by atoms with Crippen LogP contribution < -0.4 is 5.32 Å². The first-order chi connectivity index (χ1) is 9.24. The van der Waals surface area contributed by atoms with Crippen molar-refractivity contribution < 1.29 is 0 Å². The van der Waals surface area contributed by atoms with Crippen LogP contribution in [-0.4, -0.2) is 47.0 Å². The maximum atomic E-state index is 4.65. The van der Waals surface area contributed by atoms with Gasteiger partial charge < -0.3 is 14.6 Å². The fraction of sp³-hybridized carbons (Fsp3) is 0.500. The molecule has 1 fully saturated rings. The van der Waals surface area contributed by atoms with Crippen LogP contribution in [0.2, 0.25) is 0 Å². The normalized spacial score (nSPS) is 17.2. The number of imidazole rings is 1. The van der Waals surface area contributed by atoms with Crippen LogP contribution in [0.15, 0.2) is 22.9 Å². The Kier molecular flexibility index (Phi) is 3.86. The Morgan fingerprint density at radius 3 is 2.95 bits per heavy atom. The van der Waals surface area contributed by atoms with Gasteiger partial charge in [0.2, 0.25) is 0 Å². The average Bonchev–Trinajstić information content (AvgIpc) is 2.74. The molecule has 0 unspecified atom stereocenters. The summed E-state index contributed by atoms with van der Waals surface area (Å²) < 4.78 is 3.14. The van der Waals surface area contributed by atoms with E-state index in [1.54, 1.807) is 0 Å². The predicted octanol–water partition coefficient (Wildman–Crippen LogP) is 1.85. The Morgan fingerprint density at radius 2 is 2.16 bits per heavy atom. The second kappa shape index (κ2) is 5.61. The molecule has 0 bridgehead atoms. The summed E-state index contributed by atoms with van der Waals surface area (Å²) in [4.78, 5) is 7.15. The van der Waals surface area contributed by atoms with Gasteiger partial charge in [0.1, 0.15) is 10.4 Å². The fourth-order valence-electron chi connectivity index (χ4n) is 2.58. The minimum atomic E-state index is 0.950. The highest BCUT2D eigenvalue weighted by molar-refractivity contribution is 9.10. The third kappa shape index (κ3) is 2.83. The zero-order chi connectivity index (χ0) is 13.2. The molecule has 19 heavy (non-hydrogen) atoms. The van der Waals surface area contributed by atoms with Gasteiger partial charge in [-0.1, -0.05) is 0 Å². The summed E-state index contributed by atoms with van der Waals surface area (Å²) in [6.45, 7) is 7.69. The van der Waals surface area contributed by atoms with Crippen LogP contribution >= 0.6 is 15.9 Å². The Hall–Kier alpha value is -0.910.